The summed E-state index contributed by atoms with van der Waals surface area (Å²) < 4.78 is 11.2. The Bertz CT molecular complexity index is 955. The smallest absolute Gasteiger partial charge is 0.343 e. The summed E-state index contributed by atoms with van der Waals surface area (Å²) in [7, 11) is 0. The fourth-order valence-corrected chi connectivity index (χ4v) is 2.46. The van der Waals surface area contributed by atoms with Gasteiger partial charge in [-0.1, -0.05) is 124 Å². The van der Waals surface area contributed by atoms with Crippen LogP contribution < -0.4 is 0 Å². The number of rotatable bonds is 10. The molecule has 4 heteroatoms. The highest BCUT2D eigenvalue weighted by atomic mass is 16.5. The summed E-state index contributed by atoms with van der Waals surface area (Å²) in [5.74, 6) is -0.887. The maximum atomic E-state index is 12.6. The number of ether oxygens (including phenoxy) is 2. The Morgan fingerprint density at radius 3 is 1.55 bits per heavy atom. The summed E-state index contributed by atoms with van der Waals surface area (Å²) in [5.41, 5.74) is 1.56. The molecule has 0 heterocycles. The van der Waals surface area contributed by atoms with Crippen LogP contribution in [0.4, 0.5) is 0 Å². The number of allylic oxidation sites excluding steroid dienone is 7. The van der Waals surface area contributed by atoms with E-state index < -0.39 is 11.9 Å². The third-order valence-corrected chi connectivity index (χ3v) is 3.93. The highest BCUT2D eigenvalue weighted by molar-refractivity contribution is 5.93. The zero-order chi connectivity index (χ0) is 30.5. The Balaban J connectivity index is -0.000000656. The summed E-state index contributed by atoms with van der Waals surface area (Å²) in [6.07, 6.45) is 10.6. The molecule has 1 aromatic carbocycles. The van der Waals surface area contributed by atoms with Crippen LogP contribution in [-0.2, 0) is 14.3 Å². The van der Waals surface area contributed by atoms with Crippen LogP contribution in [0.1, 0.15) is 79.6 Å². The van der Waals surface area contributed by atoms with Crippen molar-refractivity contribution in [3.05, 3.63) is 133 Å². The molecule has 0 aliphatic carbocycles. The first kappa shape index (κ1) is 41.2. The lowest BCUT2D eigenvalue weighted by molar-refractivity contribution is -0.134. The lowest BCUT2D eigenvalue weighted by Gasteiger charge is -2.17. The van der Waals surface area contributed by atoms with Crippen molar-refractivity contribution in [2.24, 2.45) is 0 Å². The zero-order valence-electron chi connectivity index (χ0n) is 25.4. The minimum atomic E-state index is -0.651. The number of hydrogen-bond donors (Lipinski definition) is 0. The molecule has 0 atom stereocenters. The molecule has 0 saturated carbocycles. The molecule has 210 valence electrons. The van der Waals surface area contributed by atoms with E-state index in [2.05, 4.69) is 26.3 Å². The van der Waals surface area contributed by atoms with Crippen LogP contribution in [0.15, 0.2) is 127 Å². The van der Waals surface area contributed by atoms with Gasteiger partial charge < -0.3 is 9.47 Å². The zero-order valence-corrected chi connectivity index (χ0v) is 25.4. The molecule has 0 aliphatic heterocycles. The summed E-state index contributed by atoms with van der Waals surface area (Å²) in [5, 5.41) is 0. The molecule has 38 heavy (non-hydrogen) atoms. The SMILES string of the molecule is C=C/C=C(\C=C)C(=O)O/C(C=C)=C(C(/C=C)=C\C)\C(=C/C)OC(=O)c1ccccc1.CC.CC.CC.CC. The summed E-state index contributed by atoms with van der Waals surface area (Å²) in [4.78, 5) is 25.1. The van der Waals surface area contributed by atoms with Crippen molar-refractivity contribution in [2.45, 2.75) is 69.2 Å². The molecule has 0 aromatic heterocycles. The van der Waals surface area contributed by atoms with Crippen molar-refractivity contribution in [3.63, 3.8) is 0 Å². The second kappa shape index (κ2) is 29.3. The van der Waals surface area contributed by atoms with Crippen LogP contribution in [0.2, 0.25) is 0 Å². The normalized spacial score (nSPS) is 10.8. The summed E-state index contributed by atoms with van der Waals surface area (Å²) >= 11 is 0. The van der Waals surface area contributed by atoms with Crippen molar-refractivity contribution >= 4 is 11.9 Å². The Hall–Kier alpha value is -3.92. The van der Waals surface area contributed by atoms with E-state index in [1.165, 1.54) is 24.3 Å². The van der Waals surface area contributed by atoms with Crippen LogP contribution in [0, 0.1) is 0 Å². The van der Waals surface area contributed by atoms with Crippen molar-refractivity contribution in [2.75, 3.05) is 0 Å². The van der Waals surface area contributed by atoms with Gasteiger partial charge in [-0.3, -0.25) is 0 Å². The topological polar surface area (TPSA) is 52.6 Å². The van der Waals surface area contributed by atoms with Gasteiger partial charge in [0, 0.05) is 0 Å². The van der Waals surface area contributed by atoms with Gasteiger partial charge in [0.05, 0.1) is 16.7 Å². The highest BCUT2D eigenvalue weighted by Gasteiger charge is 2.21. The van der Waals surface area contributed by atoms with Gasteiger partial charge in [0.25, 0.3) is 0 Å². The van der Waals surface area contributed by atoms with Gasteiger partial charge in [-0.25, -0.2) is 9.59 Å². The average Bonchev–Trinajstić information content (AvgIpc) is 3.00. The molecule has 0 bridgehead atoms. The first-order chi connectivity index (χ1) is 18.5. The van der Waals surface area contributed by atoms with E-state index in [9.17, 15) is 9.59 Å². The number of carbonyl (C=O) groups excluding carboxylic acids is 2. The molecular weight excluding hydrogens is 472 g/mol. The number of carbonyl (C=O) groups is 2. The molecule has 0 N–H and O–H groups in total. The summed E-state index contributed by atoms with van der Waals surface area (Å²) in [6, 6.07) is 8.58. The van der Waals surface area contributed by atoms with Gasteiger partial charge in [-0.15, -0.1) is 0 Å². The molecular formula is C34H50O4. The summed E-state index contributed by atoms with van der Waals surface area (Å²) in [6.45, 7) is 34.2. The van der Waals surface area contributed by atoms with E-state index in [-0.39, 0.29) is 17.1 Å². The molecule has 0 unspecified atom stereocenters. The lowest BCUT2D eigenvalue weighted by Crippen LogP contribution is -2.12. The Labute approximate surface area is 233 Å². The molecule has 0 spiro atoms. The molecule has 0 aliphatic rings. The average molecular weight is 523 g/mol. The molecule has 0 fully saturated rings. The predicted molar refractivity (Wildman–Crippen MR) is 167 cm³/mol. The van der Waals surface area contributed by atoms with E-state index in [1.807, 2.05) is 55.4 Å². The molecule has 1 rings (SSSR count). The van der Waals surface area contributed by atoms with Crippen LogP contribution in [0.25, 0.3) is 0 Å². The van der Waals surface area contributed by atoms with Gasteiger partial charge in [0.2, 0.25) is 0 Å². The molecule has 4 nitrogen and oxygen atoms in total. The quantitative estimate of drug-likeness (QED) is 0.133. The fourth-order valence-electron chi connectivity index (χ4n) is 2.46. The molecule has 0 amide bonds. The van der Waals surface area contributed by atoms with Crippen molar-refractivity contribution in [1.29, 1.82) is 0 Å². The largest absolute Gasteiger partial charge is 0.422 e. The van der Waals surface area contributed by atoms with Gasteiger partial charge in [0.15, 0.2) is 0 Å². The number of benzene rings is 1. The number of esters is 2. The highest BCUT2D eigenvalue weighted by Crippen LogP contribution is 2.28. The minimum absolute atomic E-state index is 0.110. The second-order valence-electron chi connectivity index (χ2n) is 5.75. The van der Waals surface area contributed by atoms with E-state index in [0.717, 1.165) is 0 Å². The monoisotopic (exact) mass is 522 g/mol. The van der Waals surface area contributed by atoms with Crippen LogP contribution >= 0.6 is 0 Å². The first-order valence-corrected chi connectivity index (χ1v) is 13.2. The minimum Gasteiger partial charge on any atom is -0.422 e. The predicted octanol–water partition coefficient (Wildman–Crippen LogP) is 10.3. The van der Waals surface area contributed by atoms with Gasteiger partial charge >= 0.3 is 11.9 Å². The van der Waals surface area contributed by atoms with Gasteiger partial charge in [-0.2, -0.15) is 0 Å². The molecule has 0 saturated heterocycles. The Morgan fingerprint density at radius 2 is 1.18 bits per heavy atom. The van der Waals surface area contributed by atoms with Gasteiger partial charge in [-0.05, 0) is 49.8 Å². The fraction of sp³-hybridized carbons (Fsp3) is 0.294. The van der Waals surface area contributed by atoms with Crippen LogP contribution in [0.3, 0.4) is 0 Å². The van der Waals surface area contributed by atoms with Crippen molar-refractivity contribution in [3.8, 4) is 0 Å². The number of hydrogen-bond acceptors (Lipinski definition) is 4. The van der Waals surface area contributed by atoms with Crippen molar-refractivity contribution < 1.29 is 19.1 Å². The van der Waals surface area contributed by atoms with E-state index in [4.69, 9.17) is 9.47 Å². The van der Waals surface area contributed by atoms with E-state index in [1.54, 1.807) is 62.4 Å². The van der Waals surface area contributed by atoms with Crippen molar-refractivity contribution in [1.82, 2.24) is 0 Å². The van der Waals surface area contributed by atoms with Crippen LogP contribution in [-0.4, -0.2) is 11.9 Å². The first-order valence-electron chi connectivity index (χ1n) is 13.2. The van der Waals surface area contributed by atoms with E-state index >= 15 is 0 Å². The van der Waals surface area contributed by atoms with Crippen LogP contribution in [0.5, 0.6) is 0 Å². The maximum Gasteiger partial charge on any atom is 0.343 e. The maximum absolute atomic E-state index is 12.6. The Morgan fingerprint density at radius 1 is 0.684 bits per heavy atom. The molecule has 1 aromatic rings. The Kier molecular flexibility index (Phi) is 31.8. The third-order valence-electron chi connectivity index (χ3n) is 3.93. The van der Waals surface area contributed by atoms with E-state index in [0.29, 0.717) is 16.7 Å². The third kappa shape index (κ3) is 15.2. The molecule has 0 radical (unpaired) electrons. The second-order valence-corrected chi connectivity index (χ2v) is 5.75. The lowest BCUT2D eigenvalue weighted by atomic mass is 10.0. The standard InChI is InChI=1S/C26H26O4.4C2H6/c1-7-16-20(10-4)25(27)29-22(11-5)24(19(8-2)9-3)23(12-6)30-26(28)21-17-14-13-15-18-21;4*1-2/h7-18H,1-2,4-5H2,3,6H3;4*1-2H3/b19-9-,20-16+,23-12+,24-22-;;;;. The van der Waals surface area contributed by atoms with Gasteiger partial charge in [0.1, 0.15) is 11.5 Å².